The number of nitrogens with one attached hydrogen (secondary N) is 1. The molecule has 1 aromatic heterocycles. The fraction of sp³-hybridized carbons (Fsp3) is 0.375. The van der Waals surface area contributed by atoms with Gasteiger partial charge in [0.2, 0.25) is 0 Å². The van der Waals surface area contributed by atoms with Gasteiger partial charge in [0.05, 0.1) is 6.10 Å². The molecule has 0 radical (unpaired) electrons. The molecule has 1 amide bonds. The highest BCUT2D eigenvalue weighted by atomic mass is 19.1. The average Bonchev–Trinajstić information content (AvgIpc) is 3.14. The molecule has 1 N–H and O–H groups in total. The second kappa shape index (κ2) is 6.45. The first-order valence-electron chi connectivity index (χ1n) is 7.46. The average molecular weight is 321 g/mol. The van der Waals surface area contributed by atoms with E-state index in [1.807, 2.05) is 0 Å². The van der Waals surface area contributed by atoms with Gasteiger partial charge in [0.15, 0.2) is 17.3 Å². The minimum absolute atomic E-state index is 0.0188. The summed E-state index contributed by atoms with van der Waals surface area (Å²) in [5.74, 6) is -1.86. The molecule has 0 bridgehead atoms. The van der Waals surface area contributed by atoms with Crippen molar-refractivity contribution in [3.8, 4) is 5.69 Å². The van der Waals surface area contributed by atoms with Crippen molar-refractivity contribution in [1.82, 2.24) is 15.1 Å². The molecule has 2 aromatic rings. The normalized spacial score (nSPS) is 17.4. The summed E-state index contributed by atoms with van der Waals surface area (Å²) in [4.78, 5) is 12.2. The van der Waals surface area contributed by atoms with Gasteiger partial charge in [-0.05, 0) is 31.9 Å². The zero-order valence-corrected chi connectivity index (χ0v) is 12.7. The molecule has 0 saturated carbocycles. The van der Waals surface area contributed by atoms with Gasteiger partial charge in [-0.15, -0.1) is 0 Å². The third-order valence-electron chi connectivity index (χ3n) is 3.79. The lowest BCUT2D eigenvalue weighted by Crippen LogP contribution is -2.32. The fourth-order valence-corrected chi connectivity index (χ4v) is 2.60. The van der Waals surface area contributed by atoms with Crippen LogP contribution in [-0.2, 0) is 4.74 Å². The maximum absolute atomic E-state index is 13.8. The highest BCUT2D eigenvalue weighted by Crippen LogP contribution is 2.19. The largest absolute Gasteiger partial charge is 0.376 e. The van der Waals surface area contributed by atoms with E-state index in [1.54, 1.807) is 6.92 Å². The number of rotatable bonds is 4. The molecule has 0 spiro atoms. The number of aryl methyl sites for hydroxylation is 1. The number of hydrogen-bond acceptors (Lipinski definition) is 3. The molecule has 1 saturated heterocycles. The standard InChI is InChI=1S/C16H17F2N3O2/c1-10-9-21(15-12(17)5-2-6-13(15)18)20-14(10)16(22)19-8-11-4-3-7-23-11/h2,5-6,9,11H,3-4,7-8H2,1H3,(H,19,22). The van der Waals surface area contributed by atoms with Crippen LogP contribution in [0.2, 0.25) is 0 Å². The minimum atomic E-state index is -0.737. The molecule has 1 aliphatic rings. The molecule has 2 heterocycles. The van der Waals surface area contributed by atoms with E-state index in [-0.39, 0.29) is 23.4 Å². The van der Waals surface area contributed by atoms with Gasteiger partial charge < -0.3 is 10.1 Å². The SMILES string of the molecule is Cc1cn(-c2c(F)cccc2F)nc1C(=O)NCC1CCCO1. The van der Waals surface area contributed by atoms with Crippen molar-refractivity contribution in [1.29, 1.82) is 0 Å². The molecule has 1 atom stereocenters. The van der Waals surface area contributed by atoms with E-state index in [2.05, 4.69) is 10.4 Å². The van der Waals surface area contributed by atoms with E-state index in [0.717, 1.165) is 29.7 Å². The van der Waals surface area contributed by atoms with Gasteiger partial charge in [0, 0.05) is 24.9 Å². The van der Waals surface area contributed by atoms with E-state index in [9.17, 15) is 13.6 Å². The van der Waals surface area contributed by atoms with Crippen molar-refractivity contribution in [2.45, 2.75) is 25.9 Å². The van der Waals surface area contributed by atoms with Gasteiger partial charge in [-0.1, -0.05) is 6.07 Å². The van der Waals surface area contributed by atoms with E-state index in [1.165, 1.54) is 12.3 Å². The predicted octanol–water partition coefficient (Wildman–Crippen LogP) is 2.37. The Morgan fingerprint density at radius 1 is 1.43 bits per heavy atom. The molecule has 7 heteroatoms. The van der Waals surface area contributed by atoms with Crippen LogP contribution in [0.5, 0.6) is 0 Å². The lowest BCUT2D eigenvalue weighted by Gasteiger charge is -2.10. The second-order valence-electron chi connectivity index (χ2n) is 5.52. The van der Waals surface area contributed by atoms with Gasteiger partial charge >= 0.3 is 0 Å². The smallest absolute Gasteiger partial charge is 0.272 e. The third-order valence-corrected chi connectivity index (χ3v) is 3.79. The summed E-state index contributed by atoms with van der Waals surface area (Å²) in [6, 6.07) is 3.57. The molecular formula is C16H17F2N3O2. The fourth-order valence-electron chi connectivity index (χ4n) is 2.60. The summed E-state index contributed by atoms with van der Waals surface area (Å²) < 4.78 is 34.1. The van der Waals surface area contributed by atoms with Crippen LogP contribution in [0, 0.1) is 18.6 Å². The van der Waals surface area contributed by atoms with Gasteiger partial charge in [-0.3, -0.25) is 4.79 Å². The number of amides is 1. The molecular weight excluding hydrogens is 304 g/mol. The molecule has 1 aromatic carbocycles. The summed E-state index contributed by atoms with van der Waals surface area (Å²) in [6.45, 7) is 2.78. The van der Waals surface area contributed by atoms with Crippen molar-refractivity contribution >= 4 is 5.91 Å². The number of carbonyl (C=O) groups is 1. The highest BCUT2D eigenvalue weighted by Gasteiger charge is 2.20. The van der Waals surface area contributed by atoms with Crippen LogP contribution in [0.1, 0.15) is 28.9 Å². The van der Waals surface area contributed by atoms with E-state index >= 15 is 0 Å². The number of aromatic nitrogens is 2. The van der Waals surface area contributed by atoms with Crippen LogP contribution in [0.4, 0.5) is 8.78 Å². The third kappa shape index (κ3) is 3.24. The van der Waals surface area contributed by atoms with Crippen molar-refractivity contribution in [3.05, 3.63) is 47.3 Å². The minimum Gasteiger partial charge on any atom is -0.376 e. The molecule has 122 valence electrons. The topological polar surface area (TPSA) is 56.2 Å². The maximum Gasteiger partial charge on any atom is 0.272 e. The number of para-hydroxylation sites is 1. The summed E-state index contributed by atoms with van der Waals surface area (Å²) in [6.07, 6.45) is 3.35. The summed E-state index contributed by atoms with van der Waals surface area (Å²) in [5.41, 5.74) is 0.386. The van der Waals surface area contributed by atoms with Crippen molar-refractivity contribution < 1.29 is 18.3 Å². The van der Waals surface area contributed by atoms with Crippen molar-refractivity contribution in [2.24, 2.45) is 0 Å². The Kier molecular flexibility index (Phi) is 4.38. The Morgan fingerprint density at radius 2 is 2.17 bits per heavy atom. The summed E-state index contributed by atoms with van der Waals surface area (Å²) >= 11 is 0. The zero-order chi connectivity index (χ0) is 16.4. The van der Waals surface area contributed by atoms with Crippen LogP contribution in [0.3, 0.4) is 0 Å². The molecule has 1 aliphatic heterocycles. The van der Waals surface area contributed by atoms with E-state index in [0.29, 0.717) is 18.7 Å². The Balaban J connectivity index is 1.79. The van der Waals surface area contributed by atoms with E-state index in [4.69, 9.17) is 4.74 Å². The predicted molar refractivity (Wildman–Crippen MR) is 79.5 cm³/mol. The monoisotopic (exact) mass is 321 g/mol. The first-order chi connectivity index (χ1) is 11.1. The van der Waals surface area contributed by atoms with Crippen LogP contribution in [0.15, 0.2) is 24.4 Å². The molecule has 1 unspecified atom stereocenters. The van der Waals surface area contributed by atoms with Gasteiger partial charge in [0.1, 0.15) is 5.69 Å². The summed E-state index contributed by atoms with van der Waals surface area (Å²) in [5, 5.41) is 6.78. The Labute approximate surface area is 132 Å². The lowest BCUT2D eigenvalue weighted by atomic mass is 10.2. The number of nitrogens with zero attached hydrogens (tertiary/aromatic N) is 2. The molecule has 0 aliphatic carbocycles. The quantitative estimate of drug-likeness (QED) is 0.940. The molecule has 1 fully saturated rings. The Morgan fingerprint density at radius 3 is 2.83 bits per heavy atom. The van der Waals surface area contributed by atoms with Crippen LogP contribution < -0.4 is 5.32 Å². The maximum atomic E-state index is 13.8. The van der Waals surface area contributed by atoms with E-state index < -0.39 is 11.6 Å². The number of hydrogen-bond donors (Lipinski definition) is 1. The number of benzene rings is 1. The molecule has 3 rings (SSSR count). The first-order valence-corrected chi connectivity index (χ1v) is 7.46. The van der Waals surface area contributed by atoms with Crippen molar-refractivity contribution in [2.75, 3.05) is 13.2 Å². The summed E-state index contributed by atoms with van der Waals surface area (Å²) in [7, 11) is 0. The Hall–Kier alpha value is -2.28. The van der Waals surface area contributed by atoms with Crippen LogP contribution in [-0.4, -0.2) is 34.9 Å². The lowest BCUT2D eigenvalue weighted by molar-refractivity contribution is 0.0853. The zero-order valence-electron chi connectivity index (χ0n) is 12.7. The van der Waals surface area contributed by atoms with Crippen LogP contribution >= 0.6 is 0 Å². The number of halogens is 2. The number of carbonyl (C=O) groups excluding carboxylic acids is 1. The highest BCUT2D eigenvalue weighted by molar-refractivity contribution is 5.93. The van der Waals surface area contributed by atoms with Crippen molar-refractivity contribution in [3.63, 3.8) is 0 Å². The van der Waals surface area contributed by atoms with Gasteiger partial charge in [-0.25, -0.2) is 13.5 Å². The first kappa shape index (κ1) is 15.6. The molecule has 5 nitrogen and oxygen atoms in total. The van der Waals surface area contributed by atoms with Crippen LogP contribution in [0.25, 0.3) is 5.69 Å². The second-order valence-corrected chi connectivity index (χ2v) is 5.52. The van der Waals surface area contributed by atoms with Gasteiger partial charge in [0.25, 0.3) is 5.91 Å². The Bertz CT molecular complexity index is 704. The number of ether oxygens (including phenoxy) is 1. The van der Waals surface area contributed by atoms with Gasteiger partial charge in [-0.2, -0.15) is 5.10 Å². The molecule has 23 heavy (non-hydrogen) atoms.